The second kappa shape index (κ2) is 9.09. The van der Waals surface area contributed by atoms with Crippen LogP contribution >= 0.6 is 0 Å². The number of likely N-dealkylation sites (tertiary alicyclic amines) is 1. The Morgan fingerprint density at radius 2 is 2.11 bits per heavy atom. The third-order valence-corrected chi connectivity index (χ3v) is 7.23. The van der Waals surface area contributed by atoms with Gasteiger partial charge in [0.05, 0.1) is 30.4 Å². The fourth-order valence-electron chi connectivity index (χ4n) is 5.31. The van der Waals surface area contributed by atoms with E-state index in [4.69, 9.17) is 14.3 Å². The Bertz CT molecular complexity index is 1470. The molecule has 2 aromatic heterocycles. The summed E-state index contributed by atoms with van der Waals surface area (Å²) in [5, 5.41) is 19.4. The van der Waals surface area contributed by atoms with E-state index < -0.39 is 11.5 Å². The molecule has 4 heterocycles. The van der Waals surface area contributed by atoms with E-state index >= 15 is 0 Å². The first-order chi connectivity index (χ1) is 17.7. The number of aromatic nitrogens is 3. The maximum absolute atomic E-state index is 13.1. The molecule has 2 bridgehead atoms. The van der Waals surface area contributed by atoms with Crippen molar-refractivity contribution < 1.29 is 19.1 Å². The van der Waals surface area contributed by atoms with Crippen molar-refractivity contribution in [1.82, 2.24) is 19.7 Å². The van der Waals surface area contributed by atoms with Crippen LogP contribution in [0.4, 0.5) is 5.69 Å². The van der Waals surface area contributed by atoms with Crippen LogP contribution in [0.2, 0.25) is 0 Å². The van der Waals surface area contributed by atoms with E-state index in [0.29, 0.717) is 29.3 Å². The van der Waals surface area contributed by atoms with Crippen LogP contribution in [-0.4, -0.2) is 62.5 Å². The lowest BCUT2D eigenvalue weighted by Gasteiger charge is -2.26. The predicted octanol–water partition coefficient (Wildman–Crippen LogP) is 3.95. The van der Waals surface area contributed by atoms with Gasteiger partial charge < -0.3 is 19.6 Å². The van der Waals surface area contributed by atoms with Gasteiger partial charge >= 0.3 is 0 Å². The maximum atomic E-state index is 13.1. The van der Waals surface area contributed by atoms with Crippen LogP contribution in [0.25, 0.3) is 22.4 Å². The lowest BCUT2D eigenvalue weighted by Crippen LogP contribution is -2.38. The highest BCUT2D eigenvalue weighted by Crippen LogP contribution is 2.33. The molecule has 9 heteroatoms. The number of amides is 1. The van der Waals surface area contributed by atoms with Gasteiger partial charge in [-0.15, -0.1) is 0 Å². The molecule has 0 spiro atoms. The first-order valence-electron chi connectivity index (χ1n) is 12.7. The van der Waals surface area contributed by atoms with Gasteiger partial charge in [-0.05, 0) is 51.5 Å². The number of oxazole rings is 1. The third-order valence-electron chi connectivity index (χ3n) is 7.23. The fraction of sp³-hybridized carbons (Fsp3) is 0.393. The monoisotopic (exact) mass is 501 g/mol. The van der Waals surface area contributed by atoms with Gasteiger partial charge in [-0.2, -0.15) is 5.10 Å². The molecule has 2 fully saturated rings. The second-order valence-electron chi connectivity index (χ2n) is 10.6. The van der Waals surface area contributed by atoms with E-state index in [9.17, 15) is 9.90 Å². The highest BCUT2D eigenvalue weighted by Gasteiger charge is 2.38. The zero-order chi connectivity index (χ0) is 25.7. The highest BCUT2D eigenvalue weighted by molar-refractivity contribution is 6.04. The number of anilines is 1. The molecular formula is C28H31N5O4. The number of benzene rings is 2. The Labute approximate surface area is 215 Å². The van der Waals surface area contributed by atoms with Gasteiger partial charge in [-0.3, -0.25) is 14.4 Å². The molecule has 1 amide bonds. The van der Waals surface area contributed by atoms with E-state index in [1.165, 1.54) is 6.26 Å². The van der Waals surface area contributed by atoms with Crippen molar-refractivity contribution in [2.24, 2.45) is 0 Å². The normalized spacial score (nSPS) is 19.7. The molecule has 0 aliphatic carbocycles. The minimum absolute atomic E-state index is 0.165. The number of nitrogens with one attached hydrogen (secondary N) is 1. The molecule has 4 aromatic rings. The zero-order valence-corrected chi connectivity index (χ0v) is 21.3. The van der Waals surface area contributed by atoms with Gasteiger partial charge in [0.1, 0.15) is 6.26 Å². The lowest BCUT2D eigenvalue weighted by atomic mass is 9.95. The number of rotatable bonds is 7. The van der Waals surface area contributed by atoms with E-state index in [2.05, 4.69) is 15.2 Å². The fourth-order valence-corrected chi connectivity index (χ4v) is 5.31. The van der Waals surface area contributed by atoms with Crippen LogP contribution in [0.3, 0.4) is 0 Å². The number of hydrogen-bond donors (Lipinski definition) is 2. The number of fused-ring (bicyclic) bond motifs is 3. The summed E-state index contributed by atoms with van der Waals surface area (Å²) in [6, 6.07) is 12.0. The van der Waals surface area contributed by atoms with Crippen molar-refractivity contribution in [1.29, 1.82) is 0 Å². The summed E-state index contributed by atoms with van der Waals surface area (Å²) in [6.07, 6.45) is 4.83. The first kappa shape index (κ1) is 23.8. The zero-order valence-electron chi connectivity index (χ0n) is 21.3. The molecule has 6 rings (SSSR count). The van der Waals surface area contributed by atoms with E-state index in [-0.39, 0.29) is 5.69 Å². The molecule has 2 N–H and O–H groups in total. The third kappa shape index (κ3) is 4.77. The number of carbonyl (C=O) groups is 1. The number of carbonyl (C=O) groups excluding carboxylic acids is 1. The minimum atomic E-state index is -1.19. The van der Waals surface area contributed by atoms with Crippen LogP contribution in [0.5, 0.6) is 0 Å². The molecule has 2 aromatic carbocycles. The molecule has 2 aliphatic heterocycles. The van der Waals surface area contributed by atoms with Gasteiger partial charge in [0.2, 0.25) is 5.89 Å². The van der Waals surface area contributed by atoms with Crippen LogP contribution in [0.15, 0.2) is 53.3 Å². The Kier molecular flexibility index (Phi) is 5.86. The van der Waals surface area contributed by atoms with Crippen LogP contribution in [0.1, 0.15) is 41.9 Å². The molecule has 0 radical (unpaired) electrons. The molecule has 0 saturated carbocycles. The van der Waals surface area contributed by atoms with Crippen molar-refractivity contribution in [2.75, 3.05) is 25.0 Å². The average Bonchev–Trinajstić information content (AvgIpc) is 3.65. The van der Waals surface area contributed by atoms with Crippen molar-refractivity contribution in [2.45, 2.75) is 51.5 Å². The van der Waals surface area contributed by atoms with Crippen LogP contribution in [-0.2, 0) is 16.9 Å². The molecule has 2 atom stereocenters. The van der Waals surface area contributed by atoms with Crippen molar-refractivity contribution >= 4 is 22.5 Å². The molecule has 9 nitrogen and oxygen atoms in total. The molecule has 2 aliphatic rings. The summed E-state index contributed by atoms with van der Waals surface area (Å²) in [4.78, 5) is 20.0. The largest absolute Gasteiger partial charge is 0.444 e. The molecule has 2 unspecified atom stereocenters. The summed E-state index contributed by atoms with van der Waals surface area (Å²) in [5.41, 5.74) is 2.72. The summed E-state index contributed by atoms with van der Waals surface area (Å²) in [6.45, 7) is 8.85. The van der Waals surface area contributed by atoms with Crippen LogP contribution < -0.4 is 5.32 Å². The van der Waals surface area contributed by atoms with Gasteiger partial charge in [0.25, 0.3) is 5.91 Å². The average molecular weight is 502 g/mol. The maximum Gasteiger partial charge on any atom is 0.277 e. The standard InChI is InChI=1S/C28H31N5O4/c1-17-5-4-6-18(9-17)27-30-25(16-37-27)26(34)29-24-10-19-13-33(31-23(19)12-22(24)28(2,3)35)8-7-32-14-21-11-20(32)15-36-21/h4-6,9-10,12-13,16,20-21,35H,7-8,11,14-15H2,1-3H3,(H,29,34). The summed E-state index contributed by atoms with van der Waals surface area (Å²) in [5.74, 6) is -0.0303. The van der Waals surface area contributed by atoms with E-state index in [0.717, 1.165) is 54.7 Å². The highest BCUT2D eigenvalue weighted by atomic mass is 16.5. The Morgan fingerprint density at radius 1 is 1.24 bits per heavy atom. The number of ether oxygens (including phenoxy) is 1. The van der Waals surface area contributed by atoms with Gasteiger partial charge in [0, 0.05) is 47.5 Å². The minimum Gasteiger partial charge on any atom is -0.444 e. The molecule has 192 valence electrons. The smallest absolute Gasteiger partial charge is 0.277 e. The van der Waals surface area contributed by atoms with Gasteiger partial charge in [-0.1, -0.05) is 17.7 Å². The predicted molar refractivity (Wildman–Crippen MR) is 139 cm³/mol. The van der Waals surface area contributed by atoms with Crippen molar-refractivity contribution in [3.8, 4) is 11.5 Å². The number of morpholine rings is 1. The topological polar surface area (TPSA) is 106 Å². The Morgan fingerprint density at radius 3 is 2.84 bits per heavy atom. The van der Waals surface area contributed by atoms with E-state index in [1.54, 1.807) is 13.8 Å². The Balaban J connectivity index is 1.23. The SMILES string of the molecule is Cc1cccc(-c2nc(C(=O)Nc3cc4cn(CCN5CC6CC5CO6)nc4cc3C(C)(C)O)co2)c1. The summed E-state index contributed by atoms with van der Waals surface area (Å²) < 4.78 is 13.2. The first-order valence-corrected chi connectivity index (χ1v) is 12.7. The molecular weight excluding hydrogens is 470 g/mol. The second-order valence-corrected chi connectivity index (χ2v) is 10.6. The van der Waals surface area contributed by atoms with Crippen LogP contribution in [0, 0.1) is 6.92 Å². The van der Waals surface area contributed by atoms with Gasteiger partial charge in [-0.25, -0.2) is 4.98 Å². The number of hydrogen-bond acceptors (Lipinski definition) is 7. The van der Waals surface area contributed by atoms with E-state index in [1.807, 2.05) is 54.2 Å². The van der Waals surface area contributed by atoms with Crippen molar-refractivity contribution in [3.63, 3.8) is 0 Å². The number of aliphatic hydroxyl groups is 1. The lowest BCUT2D eigenvalue weighted by molar-refractivity contribution is 0.0290. The van der Waals surface area contributed by atoms with Crippen molar-refractivity contribution in [3.05, 3.63) is 65.7 Å². The number of aryl methyl sites for hydroxylation is 1. The summed E-state index contributed by atoms with van der Waals surface area (Å²) in [7, 11) is 0. The van der Waals surface area contributed by atoms with Gasteiger partial charge in [0.15, 0.2) is 5.69 Å². The molecule has 2 saturated heterocycles. The summed E-state index contributed by atoms with van der Waals surface area (Å²) >= 11 is 0. The quantitative estimate of drug-likeness (QED) is 0.395. The number of nitrogens with zero attached hydrogens (tertiary/aromatic N) is 4. The molecule has 37 heavy (non-hydrogen) atoms. The Hall–Kier alpha value is -3.53.